The summed E-state index contributed by atoms with van der Waals surface area (Å²) in [4.78, 5) is 25.5. The van der Waals surface area contributed by atoms with E-state index in [1.165, 1.54) is 12.7 Å². The molecule has 1 fully saturated rings. The van der Waals surface area contributed by atoms with Crippen LogP contribution < -0.4 is 5.32 Å². The predicted molar refractivity (Wildman–Crippen MR) is 79.6 cm³/mol. The van der Waals surface area contributed by atoms with Gasteiger partial charge in [0.1, 0.15) is 6.04 Å². The number of esters is 1. The highest BCUT2D eigenvalue weighted by Crippen LogP contribution is 2.17. The first-order valence-electron chi connectivity index (χ1n) is 7.24. The van der Waals surface area contributed by atoms with Gasteiger partial charge in [-0.1, -0.05) is 29.8 Å². The molecule has 1 aromatic carbocycles. The molecule has 21 heavy (non-hydrogen) atoms. The Bertz CT molecular complexity index is 499. The molecule has 1 atom stereocenters. The third-order valence-corrected chi connectivity index (χ3v) is 3.79. The van der Waals surface area contributed by atoms with Crippen molar-refractivity contribution in [3.05, 3.63) is 35.4 Å². The number of likely N-dealkylation sites (tertiary alicyclic amines) is 1. The van der Waals surface area contributed by atoms with Crippen molar-refractivity contribution in [2.75, 3.05) is 20.2 Å². The fourth-order valence-corrected chi connectivity index (χ4v) is 2.57. The van der Waals surface area contributed by atoms with Crippen molar-refractivity contribution in [2.45, 2.75) is 32.4 Å². The fourth-order valence-electron chi connectivity index (χ4n) is 2.57. The van der Waals surface area contributed by atoms with E-state index in [-0.39, 0.29) is 24.5 Å². The summed E-state index contributed by atoms with van der Waals surface area (Å²) in [5.74, 6) is -0.315. The van der Waals surface area contributed by atoms with Crippen molar-refractivity contribution in [1.82, 2.24) is 10.2 Å². The van der Waals surface area contributed by atoms with Gasteiger partial charge in [0.25, 0.3) is 0 Å². The molecule has 0 aromatic heterocycles. The Hall–Kier alpha value is -1.88. The predicted octanol–water partition coefficient (Wildman–Crippen LogP) is 1.25. The molecular weight excluding hydrogens is 268 g/mol. The van der Waals surface area contributed by atoms with Crippen molar-refractivity contribution in [3.8, 4) is 0 Å². The Balaban J connectivity index is 1.81. The highest BCUT2D eigenvalue weighted by Gasteiger charge is 2.32. The zero-order valence-corrected chi connectivity index (χ0v) is 12.6. The zero-order chi connectivity index (χ0) is 15.2. The molecule has 0 bridgehead atoms. The quantitative estimate of drug-likeness (QED) is 0.829. The molecule has 5 nitrogen and oxygen atoms in total. The second-order valence-corrected chi connectivity index (χ2v) is 5.41. The van der Waals surface area contributed by atoms with Crippen molar-refractivity contribution < 1.29 is 14.3 Å². The maximum absolute atomic E-state index is 12.0. The van der Waals surface area contributed by atoms with E-state index in [9.17, 15) is 9.59 Å². The number of aryl methyl sites for hydroxylation is 1. The van der Waals surface area contributed by atoms with Crippen LogP contribution >= 0.6 is 0 Å². The molecule has 1 N–H and O–H groups in total. The van der Waals surface area contributed by atoms with E-state index in [2.05, 4.69) is 5.32 Å². The summed E-state index contributed by atoms with van der Waals surface area (Å²) in [6.45, 7) is 3.54. The number of hydrogen-bond donors (Lipinski definition) is 1. The number of methoxy groups -OCH3 is 1. The Morgan fingerprint density at radius 3 is 2.71 bits per heavy atom. The van der Waals surface area contributed by atoms with E-state index in [1.54, 1.807) is 0 Å². The minimum absolute atomic E-state index is 0.0635. The van der Waals surface area contributed by atoms with Crippen LogP contribution in [0.25, 0.3) is 0 Å². The average Bonchev–Trinajstić information content (AvgIpc) is 2.94. The number of carbonyl (C=O) groups excluding carboxylic acids is 2. The van der Waals surface area contributed by atoms with E-state index in [4.69, 9.17) is 4.74 Å². The van der Waals surface area contributed by atoms with Gasteiger partial charge in [-0.25, -0.2) is 0 Å². The molecule has 5 heteroatoms. The number of nitrogens with one attached hydrogen (secondary N) is 1. The summed E-state index contributed by atoms with van der Waals surface area (Å²) in [5, 5.41) is 2.89. The SMILES string of the molecule is COC(=O)C1CCCN1CC(=O)NCc1ccc(C)cc1. The molecule has 1 heterocycles. The number of benzene rings is 1. The smallest absolute Gasteiger partial charge is 0.323 e. The Kier molecular flexibility index (Phi) is 5.33. The molecule has 1 saturated heterocycles. The lowest BCUT2D eigenvalue weighted by atomic mass is 10.1. The molecule has 0 spiro atoms. The highest BCUT2D eigenvalue weighted by atomic mass is 16.5. The largest absolute Gasteiger partial charge is 0.468 e. The van der Waals surface area contributed by atoms with Crippen LogP contribution in [0.15, 0.2) is 24.3 Å². The fraction of sp³-hybridized carbons (Fsp3) is 0.500. The van der Waals surface area contributed by atoms with Gasteiger partial charge < -0.3 is 10.1 Å². The molecule has 114 valence electrons. The number of carbonyl (C=O) groups is 2. The van der Waals surface area contributed by atoms with Gasteiger partial charge in [0.15, 0.2) is 0 Å². The second kappa shape index (κ2) is 7.22. The summed E-state index contributed by atoms with van der Waals surface area (Å²) in [6, 6.07) is 7.77. The number of rotatable bonds is 5. The van der Waals surface area contributed by atoms with E-state index < -0.39 is 0 Å². The van der Waals surface area contributed by atoms with Gasteiger partial charge in [-0.3, -0.25) is 14.5 Å². The first-order chi connectivity index (χ1) is 10.1. The van der Waals surface area contributed by atoms with E-state index in [0.29, 0.717) is 6.54 Å². The van der Waals surface area contributed by atoms with Gasteiger partial charge in [-0.15, -0.1) is 0 Å². The lowest BCUT2D eigenvalue weighted by molar-refractivity contribution is -0.146. The number of amides is 1. The first kappa shape index (κ1) is 15.5. The molecule has 0 radical (unpaired) electrons. The van der Waals surface area contributed by atoms with Crippen LogP contribution in [0.1, 0.15) is 24.0 Å². The van der Waals surface area contributed by atoms with Crippen LogP contribution in [0.5, 0.6) is 0 Å². The number of hydrogen-bond acceptors (Lipinski definition) is 4. The second-order valence-electron chi connectivity index (χ2n) is 5.41. The van der Waals surface area contributed by atoms with Crippen LogP contribution in [-0.4, -0.2) is 43.0 Å². The van der Waals surface area contributed by atoms with Crippen LogP contribution in [-0.2, 0) is 20.9 Å². The number of ether oxygens (including phenoxy) is 1. The minimum Gasteiger partial charge on any atom is -0.468 e. The Morgan fingerprint density at radius 2 is 2.05 bits per heavy atom. The molecule has 1 aromatic rings. The highest BCUT2D eigenvalue weighted by molar-refractivity contribution is 5.80. The van der Waals surface area contributed by atoms with Gasteiger partial charge in [0.2, 0.25) is 5.91 Å². The molecule has 1 unspecified atom stereocenters. The topological polar surface area (TPSA) is 58.6 Å². The molecule has 1 aliphatic heterocycles. The van der Waals surface area contributed by atoms with Crippen molar-refractivity contribution >= 4 is 11.9 Å². The molecule has 2 rings (SSSR count). The van der Waals surface area contributed by atoms with Gasteiger partial charge in [0.05, 0.1) is 13.7 Å². The molecule has 1 amide bonds. The molecular formula is C16H22N2O3. The van der Waals surface area contributed by atoms with Crippen LogP contribution in [0, 0.1) is 6.92 Å². The van der Waals surface area contributed by atoms with Crippen LogP contribution in [0.2, 0.25) is 0 Å². The summed E-state index contributed by atoms with van der Waals surface area (Å²) < 4.78 is 4.77. The standard InChI is InChI=1S/C16H22N2O3/c1-12-5-7-13(8-6-12)10-17-15(19)11-18-9-3-4-14(18)16(20)21-2/h5-8,14H,3-4,9-11H2,1-2H3,(H,17,19). The van der Waals surface area contributed by atoms with Crippen molar-refractivity contribution in [2.24, 2.45) is 0 Å². The van der Waals surface area contributed by atoms with Gasteiger partial charge in [-0.05, 0) is 31.9 Å². The molecule has 0 aliphatic carbocycles. The van der Waals surface area contributed by atoms with Crippen LogP contribution in [0.3, 0.4) is 0 Å². The van der Waals surface area contributed by atoms with Crippen LogP contribution in [0.4, 0.5) is 0 Å². The summed E-state index contributed by atoms with van der Waals surface area (Å²) in [7, 11) is 1.39. The summed E-state index contributed by atoms with van der Waals surface area (Å²) in [6.07, 6.45) is 1.68. The maximum Gasteiger partial charge on any atom is 0.323 e. The lowest BCUT2D eigenvalue weighted by Crippen LogP contribution is -2.43. The maximum atomic E-state index is 12.0. The van der Waals surface area contributed by atoms with Gasteiger partial charge >= 0.3 is 5.97 Å². The minimum atomic E-state index is -0.278. The average molecular weight is 290 g/mol. The molecule has 0 saturated carbocycles. The van der Waals surface area contributed by atoms with Gasteiger partial charge in [-0.2, -0.15) is 0 Å². The monoisotopic (exact) mass is 290 g/mol. The summed E-state index contributed by atoms with van der Waals surface area (Å²) in [5.41, 5.74) is 2.27. The third-order valence-electron chi connectivity index (χ3n) is 3.79. The third kappa shape index (κ3) is 4.29. The van der Waals surface area contributed by atoms with Crippen molar-refractivity contribution in [3.63, 3.8) is 0 Å². The Labute approximate surface area is 125 Å². The number of nitrogens with zero attached hydrogens (tertiary/aromatic N) is 1. The van der Waals surface area contributed by atoms with E-state index in [0.717, 1.165) is 24.9 Å². The van der Waals surface area contributed by atoms with Gasteiger partial charge in [0, 0.05) is 6.54 Å². The lowest BCUT2D eigenvalue weighted by Gasteiger charge is -2.21. The molecule has 1 aliphatic rings. The van der Waals surface area contributed by atoms with E-state index in [1.807, 2.05) is 36.1 Å². The first-order valence-corrected chi connectivity index (χ1v) is 7.24. The van der Waals surface area contributed by atoms with E-state index >= 15 is 0 Å². The normalized spacial score (nSPS) is 18.5. The summed E-state index contributed by atoms with van der Waals surface area (Å²) >= 11 is 0. The zero-order valence-electron chi connectivity index (χ0n) is 12.6. The van der Waals surface area contributed by atoms with Crippen molar-refractivity contribution in [1.29, 1.82) is 0 Å². The Morgan fingerprint density at radius 1 is 1.33 bits per heavy atom.